The van der Waals surface area contributed by atoms with Crippen molar-refractivity contribution in [3.8, 4) is 0 Å². The highest BCUT2D eigenvalue weighted by molar-refractivity contribution is 7.89. The van der Waals surface area contributed by atoms with Crippen LogP contribution < -0.4 is 10.0 Å². The van der Waals surface area contributed by atoms with Gasteiger partial charge in [-0.05, 0) is 48.7 Å². The molecule has 0 heterocycles. The van der Waals surface area contributed by atoms with Crippen molar-refractivity contribution in [1.82, 2.24) is 4.72 Å². The Hall–Kier alpha value is -2.32. The molecule has 2 aromatic carbocycles. The molecule has 0 aliphatic heterocycles. The fraction of sp³-hybridized carbons (Fsp3) is 0.278. The Kier molecular flexibility index (Phi) is 6.44. The molecule has 0 radical (unpaired) electrons. The van der Waals surface area contributed by atoms with Crippen molar-refractivity contribution in [1.29, 1.82) is 0 Å². The first-order chi connectivity index (χ1) is 12.2. The summed E-state index contributed by atoms with van der Waals surface area (Å²) in [5, 5.41) is 2.15. The van der Waals surface area contributed by atoms with Gasteiger partial charge in [-0.2, -0.15) is 0 Å². The summed E-state index contributed by atoms with van der Waals surface area (Å²) in [6.45, 7) is 4.29. The fourth-order valence-electron chi connectivity index (χ4n) is 2.15. The zero-order valence-electron chi connectivity index (χ0n) is 14.4. The standard InChI is InChI=1S/C18H20F2N2O3S/c1-12(2)10-11-21-26(24,25)14-8-6-13(7-9-14)18(23)22-17-15(19)4-3-5-16(17)20/h3-9,12,21H,10-11H2,1-2H3,(H,22,23). The van der Waals surface area contributed by atoms with Gasteiger partial charge in [-0.1, -0.05) is 19.9 Å². The number of sulfonamides is 1. The molecule has 0 fully saturated rings. The third kappa shape index (κ3) is 5.09. The molecule has 0 saturated heterocycles. The number of rotatable bonds is 7. The molecule has 0 bridgehead atoms. The van der Waals surface area contributed by atoms with E-state index in [2.05, 4.69) is 10.0 Å². The van der Waals surface area contributed by atoms with Gasteiger partial charge in [0.25, 0.3) is 5.91 Å². The number of carbonyl (C=O) groups excluding carboxylic acids is 1. The summed E-state index contributed by atoms with van der Waals surface area (Å²) < 4.78 is 54.0. The molecule has 140 valence electrons. The van der Waals surface area contributed by atoms with E-state index >= 15 is 0 Å². The predicted molar refractivity (Wildman–Crippen MR) is 95.4 cm³/mol. The van der Waals surface area contributed by atoms with Crippen LogP contribution in [0.2, 0.25) is 0 Å². The van der Waals surface area contributed by atoms with Gasteiger partial charge >= 0.3 is 0 Å². The molecule has 1 amide bonds. The molecule has 0 saturated carbocycles. The van der Waals surface area contributed by atoms with Crippen molar-refractivity contribution >= 4 is 21.6 Å². The van der Waals surface area contributed by atoms with Crippen LogP contribution in [-0.4, -0.2) is 20.9 Å². The Labute approximate surface area is 151 Å². The molecule has 5 nitrogen and oxygen atoms in total. The van der Waals surface area contributed by atoms with Gasteiger partial charge in [0.15, 0.2) is 0 Å². The number of hydrogen-bond acceptors (Lipinski definition) is 3. The number of halogens is 2. The highest BCUT2D eigenvalue weighted by Crippen LogP contribution is 2.19. The summed E-state index contributed by atoms with van der Waals surface area (Å²) >= 11 is 0. The molecule has 0 unspecified atom stereocenters. The minimum atomic E-state index is -3.67. The Morgan fingerprint density at radius 2 is 1.62 bits per heavy atom. The maximum atomic E-state index is 13.6. The lowest BCUT2D eigenvalue weighted by atomic mass is 10.1. The van der Waals surface area contributed by atoms with E-state index in [-0.39, 0.29) is 10.5 Å². The summed E-state index contributed by atoms with van der Waals surface area (Å²) in [6.07, 6.45) is 0.702. The van der Waals surface area contributed by atoms with E-state index in [9.17, 15) is 22.0 Å². The van der Waals surface area contributed by atoms with Crippen LogP contribution in [0.5, 0.6) is 0 Å². The Morgan fingerprint density at radius 3 is 2.15 bits per heavy atom. The van der Waals surface area contributed by atoms with E-state index in [0.717, 1.165) is 12.1 Å². The second-order valence-electron chi connectivity index (χ2n) is 6.16. The number of para-hydroxylation sites is 1. The maximum Gasteiger partial charge on any atom is 0.255 e. The molecule has 2 N–H and O–H groups in total. The van der Waals surface area contributed by atoms with Crippen LogP contribution >= 0.6 is 0 Å². The number of hydrogen-bond donors (Lipinski definition) is 2. The maximum absolute atomic E-state index is 13.6. The molecule has 0 spiro atoms. The van der Waals surface area contributed by atoms with Crippen molar-refractivity contribution in [2.75, 3.05) is 11.9 Å². The van der Waals surface area contributed by atoms with Gasteiger partial charge in [0.05, 0.1) is 4.90 Å². The van der Waals surface area contributed by atoms with Crippen molar-refractivity contribution < 1.29 is 22.0 Å². The second kappa shape index (κ2) is 8.37. The first-order valence-electron chi connectivity index (χ1n) is 8.06. The highest BCUT2D eigenvalue weighted by atomic mass is 32.2. The monoisotopic (exact) mass is 382 g/mol. The lowest BCUT2D eigenvalue weighted by Gasteiger charge is -2.10. The van der Waals surface area contributed by atoms with Gasteiger partial charge in [0.2, 0.25) is 10.0 Å². The number of nitrogens with one attached hydrogen (secondary N) is 2. The summed E-state index contributed by atoms with van der Waals surface area (Å²) in [5.41, 5.74) is -0.474. The van der Waals surface area contributed by atoms with Crippen LogP contribution in [-0.2, 0) is 10.0 Å². The molecule has 0 aliphatic carbocycles. The molecule has 0 aliphatic rings. The Bertz CT molecular complexity index is 862. The predicted octanol–water partition coefficient (Wildman–Crippen LogP) is 3.54. The van der Waals surface area contributed by atoms with Gasteiger partial charge in [0.1, 0.15) is 17.3 Å². The van der Waals surface area contributed by atoms with Gasteiger partial charge in [-0.25, -0.2) is 21.9 Å². The van der Waals surface area contributed by atoms with Crippen LogP contribution in [0.3, 0.4) is 0 Å². The minimum absolute atomic E-state index is 0.00915. The Balaban J connectivity index is 2.10. The van der Waals surface area contributed by atoms with Crippen molar-refractivity contribution in [2.45, 2.75) is 25.2 Å². The van der Waals surface area contributed by atoms with E-state index in [1.54, 1.807) is 0 Å². The number of benzene rings is 2. The summed E-state index contributed by atoms with van der Waals surface area (Å²) in [5.74, 6) is -2.17. The zero-order chi connectivity index (χ0) is 19.3. The number of amides is 1. The van der Waals surface area contributed by atoms with Gasteiger partial charge in [-0.3, -0.25) is 4.79 Å². The quantitative estimate of drug-likeness (QED) is 0.769. The summed E-state index contributed by atoms with van der Waals surface area (Å²) in [6, 6.07) is 8.34. The van der Waals surface area contributed by atoms with Crippen molar-refractivity contribution in [3.05, 3.63) is 59.7 Å². The molecule has 8 heteroatoms. The number of carbonyl (C=O) groups is 1. The highest BCUT2D eigenvalue weighted by Gasteiger charge is 2.16. The second-order valence-corrected chi connectivity index (χ2v) is 7.92. The molecular formula is C18H20F2N2O3S. The smallest absolute Gasteiger partial charge is 0.255 e. The van der Waals surface area contributed by atoms with Crippen LogP contribution in [0.1, 0.15) is 30.6 Å². The molecule has 2 rings (SSSR count). The average Bonchev–Trinajstić information content (AvgIpc) is 2.57. The molecular weight excluding hydrogens is 362 g/mol. The van der Waals surface area contributed by atoms with Crippen LogP contribution in [0.4, 0.5) is 14.5 Å². The SMILES string of the molecule is CC(C)CCNS(=O)(=O)c1ccc(C(=O)Nc2c(F)cccc2F)cc1. The van der Waals surface area contributed by atoms with E-state index in [1.807, 2.05) is 13.8 Å². The molecule has 0 atom stereocenters. The summed E-state index contributed by atoms with van der Waals surface area (Å²) in [4.78, 5) is 12.1. The lowest BCUT2D eigenvalue weighted by Crippen LogP contribution is -2.25. The Morgan fingerprint density at radius 1 is 1.04 bits per heavy atom. The van der Waals surface area contributed by atoms with Crippen molar-refractivity contribution in [3.63, 3.8) is 0 Å². The fourth-order valence-corrected chi connectivity index (χ4v) is 3.20. The van der Waals surface area contributed by atoms with Gasteiger partial charge < -0.3 is 5.32 Å². The van der Waals surface area contributed by atoms with Gasteiger partial charge in [-0.15, -0.1) is 0 Å². The molecule has 26 heavy (non-hydrogen) atoms. The third-order valence-corrected chi connectivity index (χ3v) is 5.12. The van der Waals surface area contributed by atoms with E-state index in [4.69, 9.17) is 0 Å². The average molecular weight is 382 g/mol. The van der Waals surface area contributed by atoms with Crippen LogP contribution in [0.15, 0.2) is 47.4 Å². The first kappa shape index (κ1) is 20.0. The van der Waals surface area contributed by atoms with Crippen LogP contribution in [0, 0.1) is 17.6 Å². The topological polar surface area (TPSA) is 75.3 Å². The van der Waals surface area contributed by atoms with Crippen LogP contribution in [0.25, 0.3) is 0 Å². The largest absolute Gasteiger partial charge is 0.317 e. The van der Waals surface area contributed by atoms with E-state index in [1.165, 1.54) is 30.3 Å². The normalized spacial score (nSPS) is 11.6. The van der Waals surface area contributed by atoms with Gasteiger partial charge in [0, 0.05) is 12.1 Å². The zero-order valence-corrected chi connectivity index (χ0v) is 15.2. The summed E-state index contributed by atoms with van der Waals surface area (Å²) in [7, 11) is -3.67. The van der Waals surface area contributed by atoms with Crippen molar-refractivity contribution in [2.24, 2.45) is 5.92 Å². The van der Waals surface area contributed by atoms with E-state index in [0.29, 0.717) is 18.9 Å². The molecule has 0 aromatic heterocycles. The lowest BCUT2D eigenvalue weighted by molar-refractivity contribution is 0.102. The number of anilines is 1. The first-order valence-corrected chi connectivity index (χ1v) is 9.54. The minimum Gasteiger partial charge on any atom is -0.317 e. The molecule has 2 aromatic rings. The third-order valence-electron chi connectivity index (χ3n) is 3.64. The van der Waals surface area contributed by atoms with E-state index < -0.39 is 33.3 Å².